The van der Waals surface area contributed by atoms with E-state index in [1.54, 1.807) is 7.11 Å². The van der Waals surface area contributed by atoms with Crippen LogP contribution in [0.3, 0.4) is 0 Å². The number of nitrogens with one attached hydrogen (secondary N) is 2. The lowest BCUT2D eigenvalue weighted by molar-refractivity contribution is -0.123. The molecule has 26 heavy (non-hydrogen) atoms. The van der Waals surface area contributed by atoms with E-state index in [4.69, 9.17) is 9.47 Å². The van der Waals surface area contributed by atoms with E-state index in [1.807, 2.05) is 25.1 Å². The molecule has 2 fully saturated rings. The average Bonchev–Trinajstić information content (AvgIpc) is 3.35. The number of carbonyl (C=O) groups excluding carboxylic acids is 1. The van der Waals surface area contributed by atoms with Gasteiger partial charge in [0.1, 0.15) is 0 Å². The summed E-state index contributed by atoms with van der Waals surface area (Å²) in [6.45, 7) is 6.94. The first-order chi connectivity index (χ1) is 12.6. The van der Waals surface area contributed by atoms with Crippen molar-refractivity contribution in [2.24, 2.45) is 11.3 Å². The fourth-order valence-corrected chi connectivity index (χ4v) is 3.99. The minimum Gasteiger partial charge on any atom is -0.493 e. The molecule has 1 amide bonds. The Balaban J connectivity index is 1.59. The van der Waals surface area contributed by atoms with Crippen LogP contribution in [0.4, 0.5) is 0 Å². The molecule has 3 rings (SSSR count). The summed E-state index contributed by atoms with van der Waals surface area (Å²) in [5, 5.41) is 6.58. The van der Waals surface area contributed by atoms with E-state index in [0.29, 0.717) is 6.61 Å². The van der Waals surface area contributed by atoms with Gasteiger partial charge >= 0.3 is 0 Å². The predicted octanol–water partition coefficient (Wildman–Crippen LogP) is 3.44. The molecule has 5 nitrogen and oxygen atoms in total. The predicted molar refractivity (Wildman–Crippen MR) is 103 cm³/mol. The molecule has 1 saturated carbocycles. The number of unbranched alkanes of at least 4 members (excludes halogenated alkanes) is 1. The number of rotatable bonds is 8. The minimum absolute atomic E-state index is 0.0412. The van der Waals surface area contributed by atoms with Crippen LogP contribution < -0.4 is 20.1 Å². The Bertz CT molecular complexity index is 626. The lowest BCUT2D eigenvalue weighted by atomic mass is 9.91. The highest BCUT2D eigenvalue weighted by Gasteiger charge is 2.57. The first-order valence-corrected chi connectivity index (χ1v) is 9.91. The second kappa shape index (κ2) is 8.30. The second-order valence-corrected chi connectivity index (χ2v) is 7.71. The van der Waals surface area contributed by atoms with Crippen molar-refractivity contribution in [3.05, 3.63) is 23.8 Å². The molecule has 0 aromatic heterocycles. The van der Waals surface area contributed by atoms with E-state index in [9.17, 15) is 4.79 Å². The zero-order valence-electron chi connectivity index (χ0n) is 16.3. The van der Waals surface area contributed by atoms with Crippen LogP contribution in [0.2, 0.25) is 0 Å². The van der Waals surface area contributed by atoms with Gasteiger partial charge in [-0.15, -0.1) is 0 Å². The summed E-state index contributed by atoms with van der Waals surface area (Å²) >= 11 is 0. The van der Waals surface area contributed by atoms with Crippen LogP contribution >= 0.6 is 0 Å². The number of amides is 1. The molecule has 1 aliphatic heterocycles. The van der Waals surface area contributed by atoms with Crippen molar-refractivity contribution in [2.45, 2.75) is 52.0 Å². The SMILES string of the molecule is CCCCOc1ccc(C(C)NC(=O)C2CC23CCNCC3)cc1OC. The third-order valence-electron chi connectivity index (χ3n) is 5.91. The van der Waals surface area contributed by atoms with Crippen molar-refractivity contribution in [1.29, 1.82) is 0 Å². The first-order valence-electron chi connectivity index (χ1n) is 9.91. The summed E-state index contributed by atoms with van der Waals surface area (Å²) in [5.74, 6) is 1.87. The van der Waals surface area contributed by atoms with Gasteiger partial charge in [-0.2, -0.15) is 0 Å². The third-order valence-corrected chi connectivity index (χ3v) is 5.91. The maximum atomic E-state index is 12.7. The molecule has 2 atom stereocenters. The van der Waals surface area contributed by atoms with E-state index < -0.39 is 0 Å². The molecule has 0 bridgehead atoms. The summed E-state index contributed by atoms with van der Waals surface area (Å²) in [6.07, 6.45) is 5.41. The Hall–Kier alpha value is -1.75. The summed E-state index contributed by atoms with van der Waals surface area (Å²) < 4.78 is 11.3. The molecule has 2 N–H and O–H groups in total. The van der Waals surface area contributed by atoms with E-state index in [2.05, 4.69) is 17.6 Å². The highest BCUT2D eigenvalue weighted by Crippen LogP contribution is 2.58. The molecule has 5 heteroatoms. The highest BCUT2D eigenvalue weighted by molar-refractivity contribution is 5.83. The summed E-state index contributed by atoms with van der Waals surface area (Å²) in [6, 6.07) is 5.89. The number of ether oxygens (including phenoxy) is 2. The average molecular weight is 360 g/mol. The molecule has 1 aromatic rings. The van der Waals surface area contributed by atoms with Crippen molar-refractivity contribution in [3.8, 4) is 11.5 Å². The number of benzene rings is 1. The van der Waals surface area contributed by atoms with Crippen molar-refractivity contribution >= 4 is 5.91 Å². The molecule has 0 radical (unpaired) electrons. The largest absolute Gasteiger partial charge is 0.493 e. The monoisotopic (exact) mass is 360 g/mol. The topological polar surface area (TPSA) is 59.6 Å². The third kappa shape index (κ3) is 4.14. The number of hydrogen-bond acceptors (Lipinski definition) is 4. The van der Waals surface area contributed by atoms with Gasteiger partial charge < -0.3 is 20.1 Å². The van der Waals surface area contributed by atoms with Crippen molar-refractivity contribution in [2.75, 3.05) is 26.8 Å². The van der Waals surface area contributed by atoms with Gasteiger partial charge in [0.15, 0.2) is 11.5 Å². The second-order valence-electron chi connectivity index (χ2n) is 7.71. The van der Waals surface area contributed by atoms with Gasteiger partial charge in [-0.05, 0) is 68.8 Å². The van der Waals surface area contributed by atoms with E-state index in [1.165, 1.54) is 0 Å². The summed E-state index contributed by atoms with van der Waals surface area (Å²) in [7, 11) is 1.65. The maximum absolute atomic E-state index is 12.7. The Morgan fingerprint density at radius 1 is 1.35 bits per heavy atom. The van der Waals surface area contributed by atoms with Crippen molar-refractivity contribution in [3.63, 3.8) is 0 Å². The van der Waals surface area contributed by atoms with Gasteiger partial charge in [0, 0.05) is 5.92 Å². The normalized spacial score (nSPS) is 21.9. The Morgan fingerprint density at radius 2 is 2.12 bits per heavy atom. The van der Waals surface area contributed by atoms with Crippen LogP contribution in [0, 0.1) is 11.3 Å². The molecule has 1 saturated heterocycles. The van der Waals surface area contributed by atoms with Gasteiger partial charge in [-0.3, -0.25) is 4.79 Å². The Kier molecular flexibility index (Phi) is 6.07. The highest BCUT2D eigenvalue weighted by atomic mass is 16.5. The number of methoxy groups -OCH3 is 1. The number of hydrogen-bond donors (Lipinski definition) is 2. The van der Waals surface area contributed by atoms with E-state index in [0.717, 1.165) is 62.3 Å². The summed E-state index contributed by atoms with van der Waals surface area (Å²) in [4.78, 5) is 12.7. The first kappa shape index (κ1) is 19.0. The van der Waals surface area contributed by atoms with Crippen molar-refractivity contribution in [1.82, 2.24) is 10.6 Å². The molecule has 1 spiro atoms. The molecule has 1 heterocycles. The fourth-order valence-electron chi connectivity index (χ4n) is 3.99. The van der Waals surface area contributed by atoms with Crippen LogP contribution in [0.15, 0.2) is 18.2 Å². The smallest absolute Gasteiger partial charge is 0.224 e. The van der Waals surface area contributed by atoms with Gasteiger partial charge in [0.2, 0.25) is 5.91 Å². The summed E-state index contributed by atoms with van der Waals surface area (Å²) in [5.41, 5.74) is 1.31. The van der Waals surface area contributed by atoms with Crippen molar-refractivity contribution < 1.29 is 14.3 Å². The zero-order chi connectivity index (χ0) is 18.6. The van der Waals surface area contributed by atoms with E-state index >= 15 is 0 Å². The van der Waals surface area contributed by atoms with E-state index in [-0.39, 0.29) is 23.3 Å². The van der Waals surface area contributed by atoms with Crippen LogP contribution in [0.1, 0.15) is 57.6 Å². The van der Waals surface area contributed by atoms with Crippen LogP contribution in [-0.2, 0) is 4.79 Å². The fraction of sp³-hybridized carbons (Fsp3) is 0.667. The quantitative estimate of drug-likeness (QED) is 0.697. The molecular formula is C21H32N2O3. The zero-order valence-corrected chi connectivity index (χ0v) is 16.3. The molecule has 1 aromatic carbocycles. The van der Waals surface area contributed by atoms with Gasteiger partial charge in [-0.25, -0.2) is 0 Å². The molecular weight excluding hydrogens is 328 g/mol. The maximum Gasteiger partial charge on any atom is 0.224 e. The molecule has 144 valence electrons. The van der Waals surface area contributed by atoms with Crippen LogP contribution in [-0.4, -0.2) is 32.7 Å². The number of piperidine rings is 1. The Labute approximate surface area is 156 Å². The van der Waals surface area contributed by atoms with Crippen LogP contribution in [0.5, 0.6) is 11.5 Å². The van der Waals surface area contributed by atoms with Gasteiger partial charge in [0.05, 0.1) is 19.8 Å². The van der Waals surface area contributed by atoms with Gasteiger partial charge in [-0.1, -0.05) is 19.4 Å². The van der Waals surface area contributed by atoms with Gasteiger partial charge in [0.25, 0.3) is 0 Å². The van der Waals surface area contributed by atoms with Crippen LogP contribution in [0.25, 0.3) is 0 Å². The lowest BCUT2D eigenvalue weighted by Crippen LogP contribution is -2.34. The molecule has 2 aliphatic rings. The Morgan fingerprint density at radius 3 is 2.81 bits per heavy atom. The molecule has 1 aliphatic carbocycles. The molecule has 2 unspecified atom stereocenters. The lowest BCUT2D eigenvalue weighted by Gasteiger charge is -2.24. The minimum atomic E-state index is -0.0412. The standard InChI is InChI=1S/C21H32N2O3/c1-4-5-12-26-18-7-6-16(13-19(18)25-3)15(2)23-20(24)17-14-21(17)8-10-22-11-9-21/h6-7,13,15,17,22H,4-5,8-12,14H2,1-3H3,(H,23,24). The number of carbonyl (C=O) groups is 1.